The number of anilines is 1. The molecule has 4 nitrogen and oxygen atoms in total. The molecular formula is C12H18BClN2O2. The minimum atomic E-state index is -0.459. The topological polar surface area (TPSA) is 43.4 Å². The Hall–Kier alpha value is -0.775. The minimum absolute atomic E-state index is 0.362. The van der Waals surface area contributed by atoms with E-state index in [0.29, 0.717) is 10.8 Å². The van der Waals surface area contributed by atoms with Gasteiger partial charge in [0, 0.05) is 7.05 Å². The summed E-state index contributed by atoms with van der Waals surface area (Å²) in [6.07, 6.45) is 0. The molecule has 1 aromatic rings. The van der Waals surface area contributed by atoms with Gasteiger partial charge in [-0.1, -0.05) is 11.6 Å². The molecule has 1 saturated heterocycles. The third-order valence-electron chi connectivity index (χ3n) is 3.60. The Labute approximate surface area is 113 Å². The summed E-state index contributed by atoms with van der Waals surface area (Å²) < 4.78 is 11.9. The van der Waals surface area contributed by atoms with Gasteiger partial charge in [0.2, 0.25) is 0 Å². The Morgan fingerprint density at radius 1 is 1.17 bits per heavy atom. The Bertz CT molecular complexity index is 449. The van der Waals surface area contributed by atoms with Gasteiger partial charge in [0.05, 0.1) is 21.8 Å². The van der Waals surface area contributed by atoms with E-state index in [2.05, 4.69) is 10.3 Å². The SMILES string of the molecule is CNc1nc(B2OC(C)(C)C(C)(C)O2)ccc1Cl. The highest BCUT2D eigenvalue weighted by Gasteiger charge is 2.52. The highest BCUT2D eigenvalue weighted by atomic mass is 35.5. The maximum Gasteiger partial charge on any atom is 0.514 e. The normalized spacial score (nSPS) is 21.1. The van der Waals surface area contributed by atoms with E-state index in [9.17, 15) is 0 Å². The number of nitrogens with one attached hydrogen (secondary N) is 1. The van der Waals surface area contributed by atoms with Crippen molar-refractivity contribution in [3.63, 3.8) is 0 Å². The summed E-state index contributed by atoms with van der Waals surface area (Å²) in [5.41, 5.74) is -0.000180. The van der Waals surface area contributed by atoms with Crippen molar-refractivity contribution in [2.45, 2.75) is 38.9 Å². The molecule has 2 rings (SSSR count). The number of hydrogen-bond donors (Lipinski definition) is 1. The van der Waals surface area contributed by atoms with Crippen molar-refractivity contribution in [3.8, 4) is 0 Å². The van der Waals surface area contributed by atoms with Crippen molar-refractivity contribution in [3.05, 3.63) is 17.2 Å². The van der Waals surface area contributed by atoms with Gasteiger partial charge in [0.1, 0.15) is 5.82 Å². The molecule has 1 N–H and O–H groups in total. The Morgan fingerprint density at radius 2 is 1.72 bits per heavy atom. The van der Waals surface area contributed by atoms with Crippen LogP contribution in [-0.4, -0.2) is 30.4 Å². The van der Waals surface area contributed by atoms with E-state index in [0.717, 1.165) is 5.59 Å². The number of rotatable bonds is 2. The summed E-state index contributed by atoms with van der Waals surface area (Å²) in [6.45, 7) is 8.06. The van der Waals surface area contributed by atoms with Crippen LogP contribution in [0.3, 0.4) is 0 Å². The van der Waals surface area contributed by atoms with Crippen molar-refractivity contribution in [1.29, 1.82) is 0 Å². The average Bonchev–Trinajstić information content (AvgIpc) is 2.49. The molecule has 0 unspecified atom stereocenters. The molecule has 0 saturated carbocycles. The lowest BCUT2D eigenvalue weighted by Gasteiger charge is -2.32. The lowest BCUT2D eigenvalue weighted by molar-refractivity contribution is 0.00578. The lowest BCUT2D eigenvalue weighted by atomic mass is 9.84. The zero-order chi connectivity index (χ0) is 13.6. The maximum absolute atomic E-state index is 6.01. The smallest absolute Gasteiger partial charge is 0.398 e. The number of pyridine rings is 1. The monoisotopic (exact) mass is 268 g/mol. The Morgan fingerprint density at radius 3 is 2.22 bits per heavy atom. The number of aromatic nitrogens is 1. The molecule has 2 heterocycles. The van der Waals surface area contributed by atoms with E-state index in [-0.39, 0.29) is 11.2 Å². The van der Waals surface area contributed by atoms with Gasteiger partial charge in [-0.2, -0.15) is 0 Å². The summed E-state index contributed by atoms with van der Waals surface area (Å²) in [5, 5.41) is 3.53. The van der Waals surface area contributed by atoms with Crippen LogP contribution in [0.5, 0.6) is 0 Å². The quantitative estimate of drug-likeness (QED) is 0.834. The second kappa shape index (κ2) is 4.40. The summed E-state index contributed by atoms with van der Waals surface area (Å²) in [5.74, 6) is 0.629. The van der Waals surface area contributed by atoms with Crippen molar-refractivity contribution in [1.82, 2.24) is 4.98 Å². The van der Waals surface area contributed by atoms with Crippen LogP contribution >= 0.6 is 11.6 Å². The largest absolute Gasteiger partial charge is 0.514 e. The van der Waals surface area contributed by atoms with Crippen LogP contribution in [0.1, 0.15) is 27.7 Å². The van der Waals surface area contributed by atoms with Crippen molar-refractivity contribution in [2.75, 3.05) is 12.4 Å². The third-order valence-corrected chi connectivity index (χ3v) is 3.90. The van der Waals surface area contributed by atoms with Crippen molar-refractivity contribution < 1.29 is 9.31 Å². The Balaban J connectivity index is 2.30. The molecule has 0 spiro atoms. The Kier molecular flexibility index (Phi) is 3.34. The molecule has 6 heteroatoms. The molecule has 1 aliphatic heterocycles. The van der Waals surface area contributed by atoms with Crippen LogP contribution in [-0.2, 0) is 9.31 Å². The lowest BCUT2D eigenvalue weighted by Crippen LogP contribution is -2.41. The first-order valence-electron chi connectivity index (χ1n) is 5.97. The minimum Gasteiger partial charge on any atom is -0.398 e. The zero-order valence-corrected chi connectivity index (χ0v) is 12.1. The fourth-order valence-electron chi connectivity index (χ4n) is 1.73. The van der Waals surface area contributed by atoms with Crippen LogP contribution in [0.25, 0.3) is 0 Å². The second-order valence-electron chi connectivity index (χ2n) is 5.40. The fraction of sp³-hybridized carbons (Fsp3) is 0.583. The molecule has 0 bridgehead atoms. The fourth-order valence-corrected chi connectivity index (χ4v) is 1.93. The first-order valence-corrected chi connectivity index (χ1v) is 6.34. The highest BCUT2D eigenvalue weighted by Crippen LogP contribution is 2.36. The van der Waals surface area contributed by atoms with Gasteiger partial charge >= 0.3 is 7.12 Å². The van der Waals surface area contributed by atoms with Gasteiger partial charge in [-0.05, 0) is 39.8 Å². The van der Waals surface area contributed by atoms with E-state index in [4.69, 9.17) is 20.9 Å². The van der Waals surface area contributed by atoms with E-state index < -0.39 is 7.12 Å². The predicted octanol–water partition coefficient (Wildman–Crippen LogP) is 2.08. The van der Waals surface area contributed by atoms with Crippen LogP contribution < -0.4 is 10.9 Å². The van der Waals surface area contributed by atoms with E-state index in [1.807, 2.05) is 33.8 Å². The third kappa shape index (κ3) is 2.22. The number of hydrogen-bond acceptors (Lipinski definition) is 4. The molecule has 0 amide bonds. The van der Waals surface area contributed by atoms with Gasteiger partial charge in [-0.3, -0.25) is 0 Å². The van der Waals surface area contributed by atoms with Crippen molar-refractivity contribution in [2.24, 2.45) is 0 Å². The first-order chi connectivity index (χ1) is 8.27. The van der Waals surface area contributed by atoms with Gasteiger partial charge in [0.25, 0.3) is 0 Å². The molecule has 0 aromatic carbocycles. The first kappa shape index (κ1) is 13.7. The van der Waals surface area contributed by atoms with Gasteiger partial charge in [0.15, 0.2) is 0 Å². The van der Waals surface area contributed by atoms with Crippen LogP contribution in [0.15, 0.2) is 12.1 Å². The van der Waals surface area contributed by atoms with E-state index in [1.54, 1.807) is 13.1 Å². The van der Waals surface area contributed by atoms with Gasteiger partial charge in [-0.25, -0.2) is 4.98 Å². The number of halogens is 1. The van der Waals surface area contributed by atoms with Crippen LogP contribution in [0, 0.1) is 0 Å². The standard InChI is InChI=1S/C12H18BClN2O2/c1-11(2)12(3,4)18-13(17-11)9-7-6-8(14)10(15-5)16-9/h6-7H,1-5H3,(H,15,16). The molecule has 1 aromatic heterocycles. The molecule has 0 atom stereocenters. The molecule has 1 aliphatic rings. The summed E-state index contributed by atoms with van der Waals surface area (Å²) in [4.78, 5) is 4.41. The molecule has 98 valence electrons. The molecular weight excluding hydrogens is 250 g/mol. The molecule has 18 heavy (non-hydrogen) atoms. The molecule has 1 fully saturated rings. The summed E-state index contributed by atoms with van der Waals surface area (Å²) in [6, 6.07) is 3.62. The van der Waals surface area contributed by atoms with Gasteiger partial charge < -0.3 is 14.6 Å². The van der Waals surface area contributed by atoms with E-state index >= 15 is 0 Å². The highest BCUT2D eigenvalue weighted by molar-refractivity contribution is 6.61. The van der Waals surface area contributed by atoms with Crippen LogP contribution in [0.4, 0.5) is 5.82 Å². The summed E-state index contributed by atoms with van der Waals surface area (Å²) in [7, 11) is 1.32. The molecule has 0 radical (unpaired) electrons. The predicted molar refractivity (Wildman–Crippen MR) is 74.5 cm³/mol. The maximum atomic E-state index is 6.01. The number of nitrogens with zero attached hydrogens (tertiary/aromatic N) is 1. The van der Waals surface area contributed by atoms with E-state index in [1.165, 1.54) is 0 Å². The van der Waals surface area contributed by atoms with Crippen molar-refractivity contribution >= 4 is 30.1 Å². The van der Waals surface area contributed by atoms with Gasteiger partial charge in [-0.15, -0.1) is 0 Å². The average molecular weight is 269 g/mol. The second-order valence-corrected chi connectivity index (χ2v) is 5.81. The zero-order valence-electron chi connectivity index (χ0n) is 11.4. The summed E-state index contributed by atoms with van der Waals surface area (Å²) >= 11 is 6.01. The van der Waals surface area contributed by atoms with Crippen LogP contribution in [0.2, 0.25) is 5.02 Å². The molecule has 0 aliphatic carbocycles.